The molecule has 0 spiro atoms. The number of halogens is 3. The molecule has 21 heavy (non-hydrogen) atoms. The molecule has 1 unspecified atom stereocenters. The molecule has 0 aliphatic rings. The summed E-state index contributed by atoms with van der Waals surface area (Å²) in [7, 11) is 1.66. The Morgan fingerprint density at radius 3 is 2.33 bits per heavy atom. The number of guanidine groups is 1. The van der Waals surface area contributed by atoms with Crippen LogP contribution in [-0.2, 0) is 12.7 Å². The lowest BCUT2D eigenvalue weighted by molar-refractivity contribution is -0.137. The van der Waals surface area contributed by atoms with Crippen LogP contribution in [0.25, 0.3) is 0 Å². The molecule has 7 heteroatoms. The Kier molecular flexibility index (Phi) is 6.87. The maximum atomic E-state index is 12.5. The van der Waals surface area contributed by atoms with Gasteiger partial charge in [0.25, 0.3) is 0 Å². The maximum absolute atomic E-state index is 12.5. The molecule has 118 valence electrons. The van der Waals surface area contributed by atoms with Gasteiger partial charge in [-0.25, -0.2) is 0 Å². The molecular weight excluding hydrogens is 299 g/mol. The van der Waals surface area contributed by atoms with Gasteiger partial charge in [0.1, 0.15) is 0 Å². The average Bonchev–Trinajstić information content (AvgIpc) is 2.46. The predicted molar refractivity (Wildman–Crippen MR) is 82.6 cm³/mol. The van der Waals surface area contributed by atoms with Crippen molar-refractivity contribution in [2.75, 3.05) is 19.8 Å². The van der Waals surface area contributed by atoms with E-state index in [2.05, 4.69) is 22.5 Å². The number of benzene rings is 1. The van der Waals surface area contributed by atoms with Gasteiger partial charge in [0.2, 0.25) is 0 Å². The fraction of sp³-hybridized carbons (Fsp3) is 0.500. The van der Waals surface area contributed by atoms with E-state index in [0.29, 0.717) is 17.8 Å². The first kappa shape index (κ1) is 17.7. The lowest BCUT2D eigenvalue weighted by Crippen LogP contribution is -2.39. The molecule has 0 saturated heterocycles. The Morgan fingerprint density at radius 1 is 1.24 bits per heavy atom. The minimum absolute atomic E-state index is 0.422. The molecule has 1 atom stereocenters. The van der Waals surface area contributed by atoms with Crippen LogP contribution < -0.4 is 10.6 Å². The van der Waals surface area contributed by atoms with Gasteiger partial charge < -0.3 is 10.6 Å². The monoisotopic (exact) mass is 319 g/mol. The summed E-state index contributed by atoms with van der Waals surface area (Å²) in [5.41, 5.74) is 0.131. The first-order chi connectivity index (χ1) is 9.86. The van der Waals surface area contributed by atoms with E-state index in [0.717, 1.165) is 24.2 Å². The average molecular weight is 319 g/mol. The van der Waals surface area contributed by atoms with E-state index in [1.54, 1.807) is 18.8 Å². The normalized spacial score (nSPS) is 13.9. The van der Waals surface area contributed by atoms with Gasteiger partial charge in [-0.1, -0.05) is 19.1 Å². The van der Waals surface area contributed by atoms with Gasteiger partial charge in [-0.15, -0.1) is 0 Å². The molecule has 1 aromatic rings. The summed E-state index contributed by atoms with van der Waals surface area (Å²) >= 11 is 1.74. The SMILES string of the molecule is CN=C(NCc1ccc(C(F)(F)F)cc1)NCC(C)SC. The minimum Gasteiger partial charge on any atom is -0.355 e. The topological polar surface area (TPSA) is 36.4 Å². The number of aliphatic imine (C=N–C) groups is 1. The molecule has 3 nitrogen and oxygen atoms in total. The van der Waals surface area contributed by atoms with E-state index in [-0.39, 0.29) is 0 Å². The summed E-state index contributed by atoms with van der Waals surface area (Å²) in [5, 5.41) is 6.69. The van der Waals surface area contributed by atoms with Crippen LogP contribution in [-0.4, -0.2) is 31.1 Å². The van der Waals surface area contributed by atoms with Crippen molar-refractivity contribution >= 4 is 17.7 Å². The Morgan fingerprint density at radius 2 is 1.86 bits per heavy atom. The number of thioether (sulfide) groups is 1. The largest absolute Gasteiger partial charge is 0.416 e. The second kappa shape index (κ2) is 8.17. The maximum Gasteiger partial charge on any atom is 0.416 e. The zero-order chi connectivity index (χ0) is 15.9. The highest BCUT2D eigenvalue weighted by molar-refractivity contribution is 7.99. The molecule has 2 N–H and O–H groups in total. The van der Waals surface area contributed by atoms with Gasteiger partial charge in [-0.3, -0.25) is 4.99 Å². The number of hydrogen-bond acceptors (Lipinski definition) is 2. The van der Waals surface area contributed by atoms with Crippen LogP contribution in [0.4, 0.5) is 13.2 Å². The Balaban J connectivity index is 2.50. The molecule has 1 aromatic carbocycles. The Labute approximate surface area is 127 Å². The highest BCUT2D eigenvalue weighted by atomic mass is 32.2. The van der Waals surface area contributed by atoms with E-state index >= 15 is 0 Å². The van der Waals surface area contributed by atoms with Crippen molar-refractivity contribution in [2.45, 2.75) is 24.9 Å². The Hall–Kier alpha value is -1.37. The molecule has 0 fully saturated rings. The van der Waals surface area contributed by atoms with Gasteiger partial charge in [0.05, 0.1) is 5.56 Å². The van der Waals surface area contributed by atoms with Crippen LogP contribution in [0, 0.1) is 0 Å². The second-order valence-corrected chi connectivity index (χ2v) is 5.82. The van der Waals surface area contributed by atoms with Crippen molar-refractivity contribution < 1.29 is 13.2 Å². The number of hydrogen-bond donors (Lipinski definition) is 2. The third-order valence-electron chi connectivity index (χ3n) is 2.92. The van der Waals surface area contributed by atoms with Crippen molar-refractivity contribution in [3.63, 3.8) is 0 Å². The molecule has 0 radical (unpaired) electrons. The van der Waals surface area contributed by atoms with Crippen molar-refractivity contribution in [1.29, 1.82) is 0 Å². The van der Waals surface area contributed by atoms with Crippen molar-refractivity contribution in [1.82, 2.24) is 10.6 Å². The zero-order valence-corrected chi connectivity index (χ0v) is 13.1. The molecule has 0 aliphatic heterocycles. The smallest absolute Gasteiger partial charge is 0.355 e. The molecule has 0 bridgehead atoms. The van der Waals surface area contributed by atoms with Crippen molar-refractivity contribution in [3.8, 4) is 0 Å². The number of nitrogens with one attached hydrogen (secondary N) is 2. The van der Waals surface area contributed by atoms with Crippen LogP contribution in [0.3, 0.4) is 0 Å². The minimum atomic E-state index is -4.29. The first-order valence-corrected chi connectivity index (χ1v) is 7.79. The van der Waals surface area contributed by atoms with Crippen molar-refractivity contribution in [3.05, 3.63) is 35.4 Å². The van der Waals surface area contributed by atoms with Crippen LogP contribution in [0.2, 0.25) is 0 Å². The summed E-state index contributed by atoms with van der Waals surface area (Å²) in [4.78, 5) is 4.07. The molecule has 1 rings (SSSR count). The fourth-order valence-corrected chi connectivity index (χ4v) is 1.79. The van der Waals surface area contributed by atoms with Gasteiger partial charge in [-0.05, 0) is 24.0 Å². The number of nitrogens with zero attached hydrogens (tertiary/aromatic N) is 1. The number of rotatable bonds is 5. The summed E-state index contributed by atoms with van der Waals surface area (Å²) in [6.07, 6.45) is -2.26. The quantitative estimate of drug-likeness (QED) is 0.647. The van der Waals surface area contributed by atoms with Crippen LogP contribution >= 0.6 is 11.8 Å². The molecule has 0 amide bonds. The summed E-state index contributed by atoms with van der Waals surface area (Å²) < 4.78 is 37.4. The highest BCUT2D eigenvalue weighted by Gasteiger charge is 2.29. The molecular formula is C14H20F3N3S. The third-order valence-corrected chi connectivity index (χ3v) is 3.90. The highest BCUT2D eigenvalue weighted by Crippen LogP contribution is 2.28. The zero-order valence-electron chi connectivity index (χ0n) is 12.3. The van der Waals surface area contributed by atoms with Crippen LogP contribution in [0.15, 0.2) is 29.3 Å². The van der Waals surface area contributed by atoms with E-state index in [1.165, 1.54) is 12.1 Å². The van der Waals surface area contributed by atoms with Gasteiger partial charge in [0, 0.05) is 25.4 Å². The van der Waals surface area contributed by atoms with Gasteiger partial charge >= 0.3 is 6.18 Å². The van der Waals surface area contributed by atoms with Crippen LogP contribution in [0.1, 0.15) is 18.1 Å². The van der Waals surface area contributed by atoms with E-state index < -0.39 is 11.7 Å². The summed E-state index contributed by atoms with van der Waals surface area (Å²) in [6, 6.07) is 5.10. The number of alkyl halides is 3. The van der Waals surface area contributed by atoms with Crippen LogP contribution in [0.5, 0.6) is 0 Å². The van der Waals surface area contributed by atoms with Crippen molar-refractivity contribution in [2.24, 2.45) is 4.99 Å². The standard InChI is InChI=1S/C14H20F3N3S/c1-10(21-3)8-19-13(18-2)20-9-11-4-6-12(7-5-11)14(15,16)17/h4-7,10H,8-9H2,1-3H3,(H2,18,19,20). The Bertz CT molecular complexity index is 458. The van der Waals surface area contributed by atoms with E-state index in [1.807, 2.05) is 6.26 Å². The molecule has 0 saturated carbocycles. The van der Waals surface area contributed by atoms with E-state index in [4.69, 9.17) is 0 Å². The molecule has 0 heterocycles. The fourth-order valence-electron chi connectivity index (χ4n) is 1.54. The molecule has 0 aliphatic carbocycles. The lowest BCUT2D eigenvalue weighted by atomic mass is 10.1. The molecule has 0 aromatic heterocycles. The summed E-state index contributed by atoms with van der Waals surface area (Å²) in [5.74, 6) is 0.635. The second-order valence-electron chi connectivity index (χ2n) is 4.55. The summed E-state index contributed by atoms with van der Waals surface area (Å²) in [6.45, 7) is 3.29. The predicted octanol–water partition coefficient (Wildman–Crippen LogP) is 3.12. The van der Waals surface area contributed by atoms with E-state index in [9.17, 15) is 13.2 Å². The van der Waals surface area contributed by atoms with Gasteiger partial charge in [0.15, 0.2) is 5.96 Å². The first-order valence-electron chi connectivity index (χ1n) is 6.50. The van der Waals surface area contributed by atoms with Gasteiger partial charge in [-0.2, -0.15) is 24.9 Å². The third kappa shape index (κ3) is 6.29. The lowest BCUT2D eigenvalue weighted by Gasteiger charge is -2.15.